The monoisotopic (exact) mass is 360 g/mol. The molecule has 1 amide bonds. The van der Waals surface area contributed by atoms with Crippen molar-refractivity contribution in [3.63, 3.8) is 0 Å². The number of halogens is 1. The average Bonchev–Trinajstić information content (AvgIpc) is 2.61. The van der Waals surface area contributed by atoms with E-state index in [1.54, 1.807) is 32.2 Å². The summed E-state index contributed by atoms with van der Waals surface area (Å²) in [5, 5.41) is 4.75. The van der Waals surface area contributed by atoms with E-state index in [4.69, 9.17) is 21.1 Å². The molecule has 0 bridgehead atoms. The van der Waals surface area contributed by atoms with Crippen LogP contribution in [-0.4, -0.2) is 24.8 Å². The van der Waals surface area contributed by atoms with Crippen LogP contribution in [0.15, 0.2) is 47.6 Å². The lowest BCUT2D eigenvalue weighted by atomic mass is 10.1. The molecule has 0 aliphatic rings. The topological polar surface area (TPSA) is 59.9 Å². The van der Waals surface area contributed by atoms with Crippen molar-refractivity contribution in [3.05, 3.63) is 58.6 Å². The summed E-state index contributed by atoms with van der Waals surface area (Å²) in [4.78, 5) is 12.2. The Hall–Kier alpha value is -2.53. The molecule has 0 aliphatic heterocycles. The van der Waals surface area contributed by atoms with Gasteiger partial charge in [-0.2, -0.15) is 5.10 Å². The first-order valence-electron chi connectivity index (χ1n) is 7.82. The molecule has 0 spiro atoms. The van der Waals surface area contributed by atoms with Crippen LogP contribution in [0.1, 0.15) is 25.0 Å². The zero-order valence-corrected chi connectivity index (χ0v) is 15.4. The van der Waals surface area contributed by atoms with Gasteiger partial charge in [-0.15, -0.1) is 0 Å². The third-order valence-electron chi connectivity index (χ3n) is 3.63. The van der Waals surface area contributed by atoms with E-state index in [0.717, 1.165) is 16.9 Å². The van der Waals surface area contributed by atoms with E-state index >= 15 is 0 Å². The van der Waals surface area contributed by atoms with E-state index in [1.807, 2.05) is 38.1 Å². The van der Waals surface area contributed by atoms with Gasteiger partial charge in [0, 0.05) is 10.6 Å². The standard InChI is InChI=1S/C19H21ClN2O3/c1-12-10-16(20)8-9-18(12)25-14(3)19(23)22-21-13(2)15-6-5-7-17(11-15)24-4/h5-11,14H,1-4H3,(H,22,23). The summed E-state index contributed by atoms with van der Waals surface area (Å²) in [6.07, 6.45) is -0.693. The first-order chi connectivity index (χ1) is 11.9. The minimum Gasteiger partial charge on any atom is -0.497 e. The number of aryl methyl sites for hydroxylation is 1. The average molecular weight is 361 g/mol. The highest BCUT2D eigenvalue weighted by molar-refractivity contribution is 6.30. The number of benzene rings is 2. The molecule has 2 rings (SSSR count). The van der Waals surface area contributed by atoms with E-state index in [0.29, 0.717) is 16.5 Å². The lowest BCUT2D eigenvalue weighted by Gasteiger charge is -2.15. The Kier molecular flexibility index (Phi) is 6.42. The maximum atomic E-state index is 12.2. The second-order valence-electron chi connectivity index (χ2n) is 5.58. The summed E-state index contributed by atoms with van der Waals surface area (Å²) in [7, 11) is 1.60. The summed E-state index contributed by atoms with van der Waals surface area (Å²) in [5.41, 5.74) is 4.92. The smallest absolute Gasteiger partial charge is 0.280 e. The van der Waals surface area contributed by atoms with Crippen molar-refractivity contribution in [1.82, 2.24) is 5.43 Å². The summed E-state index contributed by atoms with van der Waals surface area (Å²) in [5.74, 6) is 1.01. The molecule has 0 saturated carbocycles. The largest absolute Gasteiger partial charge is 0.497 e. The number of hydrogen-bond donors (Lipinski definition) is 1. The lowest BCUT2D eigenvalue weighted by Crippen LogP contribution is -2.34. The van der Waals surface area contributed by atoms with Gasteiger partial charge in [-0.1, -0.05) is 23.7 Å². The summed E-state index contributed by atoms with van der Waals surface area (Å²) >= 11 is 5.92. The normalized spacial score (nSPS) is 12.4. The van der Waals surface area contributed by atoms with Crippen LogP contribution >= 0.6 is 11.6 Å². The summed E-state index contributed by atoms with van der Waals surface area (Å²) in [6, 6.07) is 12.7. The number of carbonyl (C=O) groups excluding carboxylic acids is 1. The highest BCUT2D eigenvalue weighted by Crippen LogP contribution is 2.22. The third-order valence-corrected chi connectivity index (χ3v) is 3.87. The molecule has 0 saturated heterocycles. The highest BCUT2D eigenvalue weighted by Gasteiger charge is 2.15. The molecule has 1 unspecified atom stereocenters. The van der Waals surface area contributed by atoms with Crippen LogP contribution in [0.2, 0.25) is 5.02 Å². The van der Waals surface area contributed by atoms with Crippen molar-refractivity contribution in [3.8, 4) is 11.5 Å². The van der Waals surface area contributed by atoms with Crippen LogP contribution in [0.25, 0.3) is 0 Å². The van der Waals surface area contributed by atoms with Gasteiger partial charge in [0.1, 0.15) is 11.5 Å². The number of nitrogens with one attached hydrogen (secondary N) is 1. The molecular formula is C19H21ClN2O3. The van der Waals surface area contributed by atoms with Crippen LogP contribution in [0.5, 0.6) is 11.5 Å². The van der Waals surface area contributed by atoms with Crippen molar-refractivity contribution in [1.29, 1.82) is 0 Å². The van der Waals surface area contributed by atoms with Gasteiger partial charge in [-0.05, 0) is 56.7 Å². The first kappa shape index (κ1) is 18.8. The molecule has 1 N–H and O–H groups in total. The molecule has 6 heteroatoms. The van der Waals surface area contributed by atoms with Crippen LogP contribution in [-0.2, 0) is 4.79 Å². The minimum absolute atomic E-state index is 0.336. The van der Waals surface area contributed by atoms with Gasteiger partial charge >= 0.3 is 0 Å². The molecule has 5 nitrogen and oxygen atoms in total. The number of hydrogen-bond acceptors (Lipinski definition) is 4. The summed E-state index contributed by atoms with van der Waals surface area (Å²) < 4.78 is 10.9. The van der Waals surface area contributed by atoms with E-state index in [-0.39, 0.29) is 5.91 Å². The lowest BCUT2D eigenvalue weighted by molar-refractivity contribution is -0.127. The van der Waals surface area contributed by atoms with Gasteiger partial charge in [-0.25, -0.2) is 5.43 Å². The van der Waals surface area contributed by atoms with Crippen molar-refractivity contribution in [2.45, 2.75) is 26.9 Å². The SMILES string of the molecule is COc1cccc(C(C)=NNC(=O)C(C)Oc2ccc(Cl)cc2C)c1. The van der Waals surface area contributed by atoms with Crippen LogP contribution in [0, 0.1) is 6.92 Å². The molecule has 1 atom stereocenters. The third kappa shape index (κ3) is 5.22. The Morgan fingerprint density at radius 2 is 2.00 bits per heavy atom. The van der Waals surface area contributed by atoms with Gasteiger partial charge in [0.15, 0.2) is 6.10 Å². The van der Waals surface area contributed by atoms with Gasteiger partial charge in [0.25, 0.3) is 5.91 Å². The minimum atomic E-state index is -0.693. The molecular weight excluding hydrogens is 340 g/mol. The van der Waals surface area contributed by atoms with Gasteiger partial charge < -0.3 is 9.47 Å². The van der Waals surface area contributed by atoms with Crippen LogP contribution in [0.4, 0.5) is 0 Å². The fourth-order valence-electron chi connectivity index (χ4n) is 2.13. The number of methoxy groups -OCH3 is 1. The molecule has 0 fully saturated rings. The Bertz CT molecular complexity index is 790. The Morgan fingerprint density at radius 3 is 2.68 bits per heavy atom. The van der Waals surface area contributed by atoms with Crippen molar-refractivity contribution in [2.24, 2.45) is 5.10 Å². The fourth-order valence-corrected chi connectivity index (χ4v) is 2.36. The quantitative estimate of drug-likeness (QED) is 0.626. The number of ether oxygens (including phenoxy) is 2. The summed E-state index contributed by atoms with van der Waals surface area (Å²) in [6.45, 7) is 5.35. The molecule has 25 heavy (non-hydrogen) atoms. The molecule has 0 aliphatic carbocycles. The second kappa shape index (κ2) is 8.53. The Labute approximate surface area is 152 Å². The molecule has 2 aromatic carbocycles. The van der Waals surface area contributed by atoms with E-state index < -0.39 is 6.10 Å². The highest BCUT2D eigenvalue weighted by atomic mass is 35.5. The van der Waals surface area contributed by atoms with Crippen molar-refractivity contribution < 1.29 is 14.3 Å². The predicted molar refractivity (Wildman–Crippen MR) is 99.6 cm³/mol. The Balaban J connectivity index is 2.00. The maximum Gasteiger partial charge on any atom is 0.280 e. The molecule has 0 heterocycles. The van der Waals surface area contributed by atoms with Crippen molar-refractivity contribution in [2.75, 3.05) is 7.11 Å². The predicted octanol–water partition coefficient (Wildman–Crippen LogP) is 3.96. The maximum absolute atomic E-state index is 12.2. The van der Waals surface area contributed by atoms with E-state index in [2.05, 4.69) is 10.5 Å². The van der Waals surface area contributed by atoms with Crippen molar-refractivity contribution >= 4 is 23.2 Å². The zero-order chi connectivity index (χ0) is 18.4. The van der Waals surface area contributed by atoms with Crippen LogP contribution in [0.3, 0.4) is 0 Å². The van der Waals surface area contributed by atoms with Gasteiger partial charge in [-0.3, -0.25) is 4.79 Å². The Morgan fingerprint density at radius 1 is 1.24 bits per heavy atom. The zero-order valence-electron chi connectivity index (χ0n) is 14.7. The van der Waals surface area contributed by atoms with Gasteiger partial charge in [0.2, 0.25) is 0 Å². The number of nitrogens with zero attached hydrogens (tertiary/aromatic N) is 1. The molecule has 0 aromatic heterocycles. The number of hydrazone groups is 1. The number of amides is 1. The second-order valence-corrected chi connectivity index (χ2v) is 6.01. The van der Waals surface area contributed by atoms with E-state index in [9.17, 15) is 4.79 Å². The first-order valence-corrected chi connectivity index (χ1v) is 8.20. The van der Waals surface area contributed by atoms with Crippen LogP contribution < -0.4 is 14.9 Å². The molecule has 2 aromatic rings. The molecule has 132 valence electrons. The van der Waals surface area contributed by atoms with E-state index in [1.165, 1.54) is 0 Å². The fraction of sp³-hybridized carbons (Fsp3) is 0.263. The molecule has 0 radical (unpaired) electrons. The van der Waals surface area contributed by atoms with Gasteiger partial charge in [0.05, 0.1) is 12.8 Å². The number of carbonyl (C=O) groups is 1. The number of rotatable bonds is 6.